The van der Waals surface area contributed by atoms with Crippen molar-refractivity contribution in [2.75, 3.05) is 6.54 Å². The van der Waals surface area contributed by atoms with Crippen molar-refractivity contribution in [3.8, 4) is 0 Å². The summed E-state index contributed by atoms with van der Waals surface area (Å²) in [7, 11) is 0. The van der Waals surface area contributed by atoms with Gasteiger partial charge in [0.25, 0.3) is 0 Å². The molecule has 0 saturated heterocycles. The summed E-state index contributed by atoms with van der Waals surface area (Å²) in [6.07, 6.45) is 1.33. The fourth-order valence-electron chi connectivity index (χ4n) is 2.61. The minimum atomic E-state index is -4.00. The second-order valence-corrected chi connectivity index (χ2v) is 5.94. The fourth-order valence-corrected chi connectivity index (χ4v) is 2.61. The molecule has 1 nitrogen and oxygen atoms in total. The maximum atomic E-state index is 12.0. The summed E-state index contributed by atoms with van der Waals surface area (Å²) in [5, 5.41) is 3.39. The van der Waals surface area contributed by atoms with E-state index in [9.17, 15) is 13.2 Å². The quantitative estimate of drug-likeness (QED) is 0.744. The molecule has 0 aromatic carbocycles. The van der Waals surface area contributed by atoms with Gasteiger partial charge >= 0.3 is 6.18 Å². The molecule has 1 aliphatic rings. The Kier molecular flexibility index (Phi) is 6.47. The number of hydrogen-bond donors (Lipinski definition) is 1. The summed E-state index contributed by atoms with van der Waals surface area (Å²) in [5.41, 5.74) is 0. The Labute approximate surface area is 109 Å². The third-order valence-corrected chi connectivity index (χ3v) is 3.99. The third-order valence-electron chi connectivity index (χ3n) is 3.99. The molecule has 108 valence electrons. The van der Waals surface area contributed by atoms with Gasteiger partial charge in [-0.3, -0.25) is 0 Å². The summed E-state index contributed by atoms with van der Waals surface area (Å²) in [5.74, 6) is 1.58. The molecule has 1 aliphatic carbocycles. The zero-order valence-electron chi connectivity index (χ0n) is 11.5. The van der Waals surface area contributed by atoms with E-state index in [1.165, 1.54) is 25.7 Å². The van der Waals surface area contributed by atoms with Gasteiger partial charge in [0.1, 0.15) is 0 Å². The average molecular weight is 265 g/mol. The van der Waals surface area contributed by atoms with Crippen LogP contribution < -0.4 is 5.32 Å². The first-order chi connectivity index (χ1) is 8.37. The molecule has 0 aliphatic heterocycles. The van der Waals surface area contributed by atoms with Gasteiger partial charge in [0.2, 0.25) is 0 Å². The Morgan fingerprint density at radius 3 is 2.33 bits per heavy atom. The molecule has 0 bridgehead atoms. The van der Waals surface area contributed by atoms with Crippen molar-refractivity contribution in [3.63, 3.8) is 0 Å². The van der Waals surface area contributed by atoms with E-state index in [1.807, 2.05) is 6.92 Å². The standard InChI is InChI=1S/C14H26F3N/c1-11-5-7-13(8-6-11)10-18-12(2)4-3-9-14(15,16)17/h11-13,18H,3-10H2,1-2H3. The van der Waals surface area contributed by atoms with Gasteiger partial charge in [0, 0.05) is 12.5 Å². The van der Waals surface area contributed by atoms with Crippen LogP contribution in [-0.2, 0) is 0 Å². The van der Waals surface area contributed by atoms with E-state index in [1.54, 1.807) is 0 Å². The van der Waals surface area contributed by atoms with Crippen molar-refractivity contribution in [1.29, 1.82) is 0 Å². The SMILES string of the molecule is CC1CCC(CNC(C)CCCC(F)(F)F)CC1. The van der Waals surface area contributed by atoms with E-state index in [2.05, 4.69) is 12.2 Å². The number of hydrogen-bond acceptors (Lipinski definition) is 1. The zero-order chi connectivity index (χ0) is 13.6. The first kappa shape index (κ1) is 15.8. The van der Waals surface area contributed by atoms with Gasteiger partial charge in [0.15, 0.2) is 0 Å². The Balaban J connectivity index is 2.04. The van der Waals surface area contributed by atoms with Crippen LogP contribution in [0.25, 0.3) is 0 Å². The summed E-state index contributed by atoms with van der Waals surface area (Å²) >= 11 is 0. The highest BCUT2D eigenvalue weighted by Gasteiger charge is 2.26. The lowest BCUT2D eigenvalue weighted by Crippen LogP contribution is -2.32. The predicted molar refractivity (Wildman–Crippen MR) is 68.5 cm³/mol. The minimum Gasteiger partial charge on any atom is -0.314 e. The lowest BCUT2D eigenvalue weighted by atomic mass is 9.83. The highest BCUT2D eigenvalue weighted by molar-refractivity contribution is 4.73. The van der Waals surface area contributed by atoms with Crippen LogP contribution in [-0.4, -0.2) is 18.8 Å². The van der Waals surface area contributed by atoms with E-state index in [-0.39, 0.29) is 12.5 Å². The van der Waals surface area contributed by atoms with Crippen molar-refractivity contribution >= 4 is 0 Å². The number of halogens is 3. The molecule has 0 aromatic rings. The van der Waals surface area contributed by atoms with Crippen LogP contribution in [0, 0.1) is 11.8 Å². The topological polar surface area (TPSA) is 12.0 Å². The summed E-state index contributed by atoms with van der Waals surface area (Å²) in [4.78, 5) is 0. The summed E-state index contributed by atoms with van der Waals surface area (Å²) < 4.78 is 36.0. The number of alkyl halides is 3. The molecule has 0 heterocycles. The molecular formula is C14H26F3N. The summed E-state index contributed by atoms with van der Waals surface area (Å²) in [6.45, 7) is 5.26. The molecule has 18 heavy (non-hydrogen) atoms. The molecule has 1 N–H and O–H groups in total. The fraction of sp³-hybridized carbons (Fsp3) is 1.00. The predicted octanol–water partition coefficient (Wildman–Crippen LogP) is 4.52. The zero-order valence-corrected chi connectivity index (χ0v) is 11.5. The highest BCUT2D eigenvalue weighted by Crippen LogP contribution is 2.28. The smallest absolute Gasteiger partial charge is 0.314 e. The van der Waals surface area contributed by atoms with Gasteiger partial charge < -0.3 is 5.32 Å². The van der Waals surface area contributed by atoms with E-state index in [0.29, 0.717) is 6.42 Å². The molecule has 1 fully saturated rings. The van der Waals surface area contributed by atoms with Crippen LogP contribution in [0.4, 0.5) is 13.2 Å². The van der Waals surface area contributed by atoms with Crippen molar-refractivity contribution in [1.82, 2.24) is 5.32 Å². The Morgan fingerprint density at radius 1 is 1.17 bits per heavy atom. The van der Waals surface area contributed by atoms with Gasteiger partial charge in [0.05, 0.1) is 0 Å². The van der Waals surface area contributed by atoms with E-state index in [0.717, 1.165) is 18.4 Å². The normalized spacial score (nSPS) is 27.2. The Bertz CT molecular complexity index is 220. The van der Waals surface area contributed by atoms with Crippen molar-refractivity contribution in [2.45, 2.75) is 71.0 Å². The molecule has 4 heteroatoms. The second kappa shape index (κ2) is 7.37. The monoisotopic (exact) mass is 265 g/mol. The van der Waals surface area contributed by atoms with E-state index in [4.69, 9.17) is 0 Å². The van der Waals surface area contributed by atoms with Crippen molar-refractivity contribution < 1.29 is 13.2 Å². The van der Waals surface area contributed by atoms with Gasteiger partial charge in [-0.05, 0) is 51.0 Å². The molecule has 1 atom stereocenters. The van der Waals surface area contributed by atoms with E-state index < -0.39 is 12.6 Å². The second-order valence-electron chi connectivity index (χ2n) is 5.94. The Morgan fingerprint density at radius 2 is 1.78 bits per heavy atom. The van der Waals surface area contributed by atoms with Gasteiger partial charge in [-0.1, -0.05) is 19.8 Å². The lowest BCUT2D eigenvalue weighted by molar-refractivity contribution is -0.135. The van der Waals surface area contributed by atoms with Crippen LogP contribution >= 0.6 is 0 Å². The van der Waals surface area contributed by atoms with Gasteiger partial charge in [-0.2, -0.15) is 13.2 Å². The molecule has 0 amide bonds. The number of rotatable bonds is 6. The maximum absolute atomic E-state index is 12.0. The minimum absolute atomic E-state index is 0.201. The number of nitrogens with one attached hydrogen (secondary N) is 1. The first-order valence-corrected chi connectivity index (χ1v) is 7.17. The molecular weight excluding hydrogens is 239 g/mol. The van der Waals surface area contributed by atoms with Crippen LogP contribution in [0.15, 0.2) is 0 Å². The third kappa shape index (κ3) is 7.24. The molecule has 1 rings (SSSR count). The summed E-state index contributed by atoms with van der Waals surface area (Å²) in [6, 6.07) is 0.201. The molecule has 1 saturated carbocycles. The maximum Gasteiger partial charge on any atom is 0.389 e. The van der Waals surface area contributed by atoms with Crippen molar-refractivity contribution in [2.24, 2.45) is 11.8 Å². The first-order valence-electron chi connectivity index (χ1n) is 7.17. The molecule has 0 radical (unpaired) electrons. The van der Waals surface area contributed by atoms with Crippen LogP contribution in [0.5, 0.6) is 0 Å². The molecule has 0 aromatic heterocycles. The lowest BCUT2D eigenvalue weighted by Gasteiger charge is -2.27. The average Bonchev–Trinajstić information content (AvgIpc) is 2.26. The van der Waals surface area contributed by atoms with Gasteiger partial charge in [-0.25, -0.2) is 0 Å². The van der Waals surface area contributed by atoms with Crippen LogP contribution in [0.3, 0.4) is 0 Å². The highest BCUT2D eigenvalue weighted by atomic mass is 19.4. The molecule has 1 unspecified atom stereocenters. The molecule has 0 spiro atoms. The van der Waals surface area contributed by atoms with E-state index >= 15 is 0 Å². The largest absolute Gasteiger partial charge is 0.389 e. The van der Waals surface area contributed by atoms with Crippen molar-refractivity contribution in [3.05, 3.63) is 0 Å². The van der Waals surface area contributed by atoms with Crippen LogP contribution in [0.1, 0.15) is 58.8 Å². The Hall–Kier alpha value is -0.250. The van der Waals surface area contributed by atoms with Crippen LogP contribution in [0.2, 0.25) is 0 Å². The van der Waals surface area contributed by atoms with Gasteiger partial charge in [-0.15, -0.1) is 0 Å².